The highest BCUT2D eigenvalue weighted by atomic mass is 17.3. The smallest absolute Gasteiger partial charge is 0.298 e. The van der Waals surface area contributed by atoms with Gasteiger partial charge in [0, 0.05) is 6.20 Å². The Labute approximate surface area is 89.6 Å². The van der Waals surface area contributed by atoms with Crippen molar-refractivity contribution in [1.82, 2.24) is 4.98 Å². The van der Waals surface area contributed by atoms with Crippen LogP contribution in [0.25, 0.3) is 0 Å². The first-order valence-electron chi connectivity index (χ1n) is 4.33. The van der Waals surface area contributed by atoms with Crippen molar-refractivity contribution in [3.05, 3.63) is 30.3 Å². The van der Waals surface area contributed by atoms with Crippen LogP contribution in [0.2, 0.25) is 0 Å². The molecule has 3 rings (SSSR count). The zero-order valence-corrected chi connectivity index (χ0v) is 7.97. The SMILES string of the molecule is C1=COON=C1.O=C1Nc2cc[nH]c2C1=O. The van der Waals surface area contributed by atoms with Crippen molar-refractivity contribution in [2.24, 2.45) is 5.16 Å². The Morgan fingerprint density at radius 2 is 2.19 bits per heavy atom. The Balaban J connectivity index is 0.000000138. The van der Waals surface area contributed by atoms with Crippen LogP contribution in [-0.2, 0) is 14.7 Å². The minimum Gasteiger partial charge on any atom is -0.357 e. The lowest BCUT2D eigenvalue weighted by atomic mass is 10.3. The highest BCUT2D eigenvalue weighted by Gasteiger charge is 2.28. The number of hydrogen-bond acceptors (Lipinski definition) is 5. The third-order valence-electron chi connectivity index (χ3n) is 1.80. The van der Waals surface area contributed by atoms with Gasteiger partial charge in [0.1, 0.15) is 12.0 Å². The summed E-state index contributed by atoms with van der Waals surface area (Å²) in [5.41, 5.74) is 0.944. The molecule has 0 radical (unpaired) electrons. The molecule has 0 saturated carbocycles. The van der Waals surface area contributed by atoms with E-state index in [0.717, 1.165) is 0 Å². The van der Waals surface area contributed by atoms with Crippen LogP contribution in [0.1, 0.15) is 10.5 Å². The Morgan fingerprint density at radius 1 is 1.31 bits per heavy atom. The summed E-state index contributed by atoms with van der Waals surface area (Å²) >= 11 is 0. The van der Waals surface area contributed by atoms with Crippen molar-refractivity contribution in [1.29, 1.82) is 0 Å². The van der Waals surface area contributed by atoms with Crippen LogP contribution >= 0.6 is 0 Å². The number of anilines is 1. The normalized spacial score (nSPS) is 15.5. The molecule has 82 valence electrons. The van der Waals surface area contributed by atoms with E-state index in [1.54, 1.807) is 18.3 Å². The van der Waals surface area contributed by atoms with Crippen molar-refractivity contribution >= 4 is 23.6 Å². The van der Waals surface area contributed by atoms with E-state index < -0.39 is 11.7 Å². The maximum absolute atomic E-state index is 10.8. The van der Waals surface area contributed by atoms with Gasteiger partial charge in [-0.05, 0) is 17.3 Å². The molecule has 2 aliphatic rings. The predicted octanol–water partition coefficient (Wildman–Crippen LogP) is 0.597. The average Bonchev–Trinajstić information content (AvgIpc) is 2.88. The molecule has 1 amide bonds. The second-order valence-electron chi connectivity index (χ2n) is 2.80. The zero-order valence-electron chi connectivity index (χ0n) is 7.97. The van der Waals surface area contributed by atoms with Crippen molar-refractivity contribution in [2.45, 2.75) is 0 Å². The Bertz CT molecular complexity index is 463. The average molecular weight is 221 g/mol. The summed E-state index contributed by atoms with van der Waals surface area (Å²) in [6.45, 7) is 0. The van der Waals surface area contributed by atoms with Crippen LogP contribution in [0.15, 0.2) is 29.8 Å². The molecule has 0 atom stereocenters. The fourth-order valence-electron chi connectivity index (χ4n) is 1.13. The molecule has 0 fully saturated rings. The Morgan fingerprint density at radius 3 is 2.69 bits per heavy atom. The number of fused-ring (bicyclic) bond motifs is 1. The number of allylic oxidation sites excluding steroid dienone is 1. The van der Waals surface area contributed by atoms with Crippen molar-refractivity contribution < 1.29 is 19.5 Å². The molecular weight excluding hydrogens is 214 g/mol. The maximum Gasteiger partial charge on any atom is 0.298 e. The number of Topliss-reactive ketones (excluding diaryl/α,β-unsaturated/α-hetero) is 1. The first-order chi connectivity index (χ1) is 7.79. The van der Waals surface area contributed by atoms with Gasteiger partial charge < -0.3 is 10.3 Å². The lowest BCUT2D eigenvalue weighted by Crippen LogP contribution is -2.13. The van der Waals surface area contributed by atoms with E-state index in [1.807, 2.05) is 0 Å². The minimum absolute atomic E-state index is 0.366. The van der Waals surface area contributed by atoms with Gasteiger partial charge in [0.05, 0.1) is 11.9 Å². The molecule has 1 aromatic rings. The molecule has 3 heterocycles. The highest BCUT2D eigenvalue weighted by Crippen LogP contribution is 2.19. The molecule has 0 aromatic carbocycles. The van der Waals surface area contributed by atoms with Gasteiger partial charge >= 0.3 is 0 Å². The number of aromatic amines is 1. The lowest BCUT2D eigenvalue weighted by molar-refractivity contribution is -0.251. The molecule has 0 spiro atoms. The van der Waals surface area contributed by atoms with Crippen LogP contribution < -0.4 is 5.32 Å². The van der Waals surface area contributed by atoms with Crippen molar-refractivity contribution in [3.63, 3.8) is 0 Å². The van der Waals surface area contributed by atoms with E-state index in [-0.39, 0.29) is 0 Å². The molecule has 0 unspecified atom stereocenters. The maximum atomic E-state index is 10.8. The molecular formula is C9H7N3O4. The van der Waals surface area contributed by atoms with E-state index in [0.29, 0.717) is 11.4 Å². The largest absolute Gasteiger partial charge is 0.357 e. The van der Waals surface area contributed by atoms with Gasteiger partial charge in [-0.1, -0.05) is 0 Å². The number of ketones is 1. The van der Waals surface area contributed by atoms with Crippen LogP contribution in [-0.4, -0.2) is 22.9 Å². The third-order valence-corrected chi connectivity index (χ3v) is 1.80. The Kier molecular flexibility index (Phi) is 2.68. The summed E-state index contributed by atoms with van der Waals surface area (Å²) in [5.74, 6) is -1.04. The van der Waals surface area contributed by atoms with Gasteiger partial charge in [-0.3, -0.25) is 14.5 Å². The summed E-state index contributed by atoms with van der Waals surface area (Å²) in [5, 5.41) is 5.65. The van der Waals surface area contributed by atoms with E-state index >= 15 is 0 Å². The zero-order chi connectivity index (χ0) is 11.4. The van der Waals surface area contributed by atoms with E-state index in [1.165, 1.54) is 12.5 Å². The van der Waals surface area contributed by atoms with E-state index in [9.17, 15) is 9.59 Å². The summed E-state index contributed by atoms with van der Waals surface area (Å²) in [4.78, 5) is 32.3. The van der Waals surface area contributed by atoms with Crippen molar-refractivity contribution in [2.75, 3.05) is 5.32 Å². The summed E-state index contributed by atoms with van der Waals surface area (Å²) in [7, 11) is 0. The number of amides is 1. The number of H-pyrrole nitrogens is 1. The Hall–Kier alpha value is -2.57. The van der Waals surface area contributed by atoms with Gasteiger partial charge in [-0.15, -0.1) is 0 Å². The number of nitrogens with zero attached hydrogens (tertiary/aromatic N) is 1. The van der Waals surface area contributed by atoms with E-state index in [4.69, 9.17) is 0 Å². The number of aromatic nitrogens is 1. The second kappa shape index (κ2) is 4.30. The van der Waals surface area contributed by atoms with Gasteiger partial charge in [0.15, 0.2) is 0 Å². The quantitative estimate of drug-likeness (QED) is 0.495. The molecule has 16 heavy (non-hydrogen) atoms. The molecule has 0 bridgehead atoms. The number of carbonyl (C=O) groups excluding carboxylic acids is 2. The summed E-state index contributed by atoms with van der Waals surface area (Å²) in [6, 6.07) is 1.65. The van der Waals surface area contributed by atoms with Gasteiger partial charge in [-0.2, -0.15) is 4.99 Å². The number of oxime groups is 1. The third kappa shape index (κ3) is 1.92. The minimum atomic E-state index is -0.554. The lowest BCUT2D eigenvalue weighted by Gasteiger charge is -1.92. The number of rotatable bonds is 0. The first kappa shape index (κ1) is 9.97. The molecule has 7 nitrogen and oxygen atoms in total. The molecule has 2 aliphatic heterocycles. The number of nitrogens with one attached hydrogen (secondary N) is 2. The van der Waals surface area contributed by atoms with Gasteiger partial charge in [0.25, 0.3) is 11.7 Å². The molecule has 1 aromatic heterocycles. The van der Waals surface area contributed by atoms with Crippen LogP contribution in [0.3, 0.4) is 0 Å². The highest BCUT2D eigenvalue weighted by molar-refractivity contribution is 6.51. The van der Waals surface area contributed by atoms with Crippen molar-refractivity contribution in [3.8, 4) is 0 Å². The van der Waals surface area contributed by atoms with Crippen LogP contribution in [0.5, 0.6) is 0 Å². The van der Waals surface area contributed by atoms with Gasteiger partial charge in [0.2, 0.25) is 0 Å². The number of hydrogen-bond donors (Lipinski definition) is 2. The summed E-state index contributed by atoms with van der Waals surface area (Å²) < 4.78 is 0. The van der Waals surface area contributed by atoms with Crippen LogP contribution in [0.4, 0.5) is 5.69 Å². The van der Waals surface area contributed by atoms with Crippen LogP contribution in [0, 0.1) is 0 Å². The predicted molar refractivity (Wildman–Crippen MR) is 53.6 cm³/mol. The standard InChI is InChI=1S/C6H4N2O2.C3H3NO2/c9-5-4-3(1-2-7-4)8-6(5)10;1-2-4-6-5-3-1/h1-2,7H,(H,8,9,10);1-3H. The molecule has 7 heteroatoms. The number of carbonyl (C=O) groups is 2. The second-order valence-corrected chi connectivity index (χ2v) is 2.80. The van der Waals surface area contributed by atoms with Gasteiger partial charge in [-0.25, -0.2) is 0 Å². The fraction of sp³-hybridized carbons (Fsp3) is 0. The molecule has 0 aliphatic carbocycles. The molecule has 0 saturated heterocycles. The fourth-order valence-corrected chi connectivity index (χ4v) is 1.13. The first-order valence-corrected chi connectivity index (χ1v) is 4.33. The van der Waals surface area contributed by atoms with E-state index in [2.05, 4.69) is 25.3 Å². The molecule has 2 N–H and O–H groups in total. The topological polar surface area (TPSA) is 92.8 Å². The monoisotopic (exact) mass is 221 g/mol. The summed E-state index contributed by atoms with van der Waals surface area (Å²) in [6.07, 6.45) is 6.13.